The molecule has 1 aromatic rings. The normalized spacial score (nSPS) is 22.2. The van der Waals surface area contributed by atoms with Crippen LogP contribution in [0.4, 0.5) is 13.6 Å². The number of benzene rings is 1. The smallest absolute Gasteiger partial charge is 0.407 e. The fourth-order valence-corrected chi connectivity index (χ4v) is 3.10. The Morgan fingerprint density at radius 1 is 1.21 bits per heavy atom. The van der Waals surface area contributed by atoms with Gasteiger partial charge in [-0.1, -0.05) is 6.07 Å². The van der Waals surface area contributed by atoms with Crippen LogP contribution in [-0.2, 0) is 4.74 Å². The SMILES string of the molecule is CC(NC1CCC(NC(=O)OC(C)(C)C)C1)c1c(F)cccc1F. The molecule has 6 heteroatoms. The minimum Gasteiger partial charge on any atom is -0.444 e. The topological polar surface area (TPSA) is 50.4 Å². The van der Waals surface area contributed by atoms with Crippen LogP contribution in [0.15, 0.2) is 18.2 Å². The summed E-state index contributed by atoms with van der Waals surface area (Å²) in [6.45, 7) is 7.19. The van der Waals surface area contributed by atoms with Crippen LogP contribution in [0.3, 0.4) is 0 Å². The number of ether oxygens (including phenoxy) is 1. The van der Waals surface area contributed by atoms with Gasteiger partial charge in [0.15, 0.2) is 0 Å². The van der Waals surface area contributed by atoms with Gasteiger partial charge < -0.3 is 15.4 Å². The lowest BCUT2D eigenvalue weighted by Gasteiger charge is -2.23. The third kappa shape index (κ3) is 5.16. The van der Waals surface area contributed by atoms with Crippen molar-refractivity contribution in [2.24, 2.45) is 0 Å². The molecule has 1 aliphatic rings. The number of amides is 1. The van der Waals surface area contributed by atoms with Crippen molar-refractivity contribution in [3.05, 3.63) is 35.4 Å². The molecule has 1 amide bonds. The number of halogens is 2. The molecule has 0 saturated heterocycles. The average molecular weight is 340 g/mol. The summed E-state index contributed by atoms with van der Waals surface area (Å²) in [5.41, 5.74) is -0.474. The van der Waals surface area contributed by atoms with Crippen LogP contribution in [-0.4, -0.2) is 23.8 Å². The van der Waals surface area contributed by atoms with Crippen LogP contribution >= 0.6 is 0 Å². The first-order valence-electron chi connectivity index (χ1n) is 8.35. The van der Waals surface area contributed by atoms with Crippen LogP contribution in [0.1, 0.15) is 58.6 Å². The fraction of sp³-hybridized carbons (Fsp3) is 0.611. The van der Waals surface area contributed by atoms with E-state index in [0.717, 1.165) is 12.8 Å². The summed E-state index contributed by atoms with van der Waals surface area (Å²) in [5, 5.41) is 6.11. The van der Waals surface area contributed by atoms with E-state index in [9.17, 15) is 13.6 Å². The molecule has 1 aliphatic carbocycles. The van der Waals surface area contributed by atoms with E-state index < -0.39 is 29.4 Å². The maximum atomic E-state index is 13.8. The van der Waals surface area contributed by atoms with Crippen molar-refractivity contribution in [3.63, 3.8) is 0 Å². The number of carbonyl (C=O) groups is 1. The Morgan fingerprint density at radius 3 is 2.38 bits per heavy atom. The van der Waals surface area contributed by atoms with E-state index in [1.165, 1.54) is 18.2 Å². The molecule has 1 saturated carbocycles. The molecule has 3 atom stereocenters. The molecule has 4 nitrogen and oxygen atoms in total. The van der Waals surface area contributed by atoms with Gasteiger partial charge >= 0.3 is 6.09 Å². The van der Waals surface area contributed by atoms with Gasteiger partial charge in [0.1, 0.15) is 17.2 Å². The Kier molecular flexibility index (Phi) is 5.80. The number of alkyl carbamates (subject to hydrolysis) is 1. The molecule has 0 heterocycles. The average Bonchev–Trinajstić information content (AvgIpc) is 2.83. The Balaban J connectivity index is 1.87. The Bertz CT molecular complexity index is 567. The van der Waals surface area contributed by atoms with Gasteiger partial charge in [0.2, 0.25) is 0 Å². The zero-order valence-electron chi connectivity index (χ0n) is 14.7. The second kappa shape index (κ2) is 7.47. The lowest BCUT2D eigenvalue weighted by molar-refractivity contribution is 0.0505. The van der Waals surface area contributed by atoms with Gasteiger partial charge in [0, 0.05) is 23.7 Å². The molecule has 3 unspecified atom stereocenters. The lowest BCUT2D eigenvalue weighted by Crippen LogP contribution is -2.39. The summed E-state index contributed by atoms with van der Waals surface area (Å²) in [7, 11) is 0. The number of hydrogen-bond acceptors (Lipinski definition) is 3. The maximum Gasteiger partial charge on any atom is 0.407 e. The molecular formula is C18H26F2N2O2. The highest BCUT2D eigenvalue weighted by atomic mass is 19.1. The predicted molar refractivity (Wildman–Crippen MR) is 88.7 cm³/mol. The van der Waals surface area contributed by atoms with Crippen LogP contribution in [0.2, 0.25) is 0 Å². The molecule has 134 valence electrons. The zero-order chi connectivity index (χ0) is 17.9. The largest absolute Gasteiger partial charge is 0.444 e. The Hall–Kier alpha value is -1.69. The van der Waals surface area contributed by atoms with Gasteiger partial charge in [-0.2, -0.15) is 0 Å². The van der Waals surface area contributed by atoms with E-state index in [4.69, 9.17) is 4.74 Å². The second-order valence-electron chi connectivity index (χ2n) is 7.38. The summed E-state index contributed by atoms with van der Waals surface area (Å²) in [4.78, 5) is 11.8. The minimum atomic E-state index is -0.545. The summed E-state index contributed by atoms with van der Waals surface area (Å²) >= 11 is 0. The summed E-state index contributed by atoms with van der Waals surface area (Å²) in [5.74, 6) is -1.09. The quantitative estimate of drug-likeness (QED) is 0.869. The number of carbonyl (C=O) groups excluding carboxylic acids is 1. The molecule has 2 N–H and O–H groups in total. The Morgan fingerprint density at radius 2 is 1.79 bits per heavy atom. The van der Waals surface area contributed by atoms with Gasteiger partial charge in [-0.05, 0) is 59.1 Å². The van der Waals surface area contributed by atoms with E-state index in [1.54, 1.807) is 6.92 Å². The standard InChI is InChI=1S/C18H26F2N2O2/c1-11(16-14(19)6-5-7-15(16)20)21-12-8-9-13(10-12)22-17(23)24-18(2,3)4/h5-7,11-13,21H,8-10H2,1-4H3,(H,22,23). The van der Waals surface area contributed by atoms with Crippen molar-refractivity contribution in [1.29, 1.82) is 0 Å². The third-order valence-electron chi connectivity index (χ3n) is 4.07. The molecule has 1 fully saturated rings. The van der Waals surface area contributed by atoms with Gasteiger partial charge in [-0.15, -0.1) is 0 Å². The molecule has 0 spiro atoms. The van der Waals surface area contributed by atoms with E-state index in [2.05, 4.69) is 10.6 Å². The zero-order valence-corrected chi connectivity index (χ0v) is 14.7. The molecule has 0 radical (unpaired) electrons. The minimum absolute atomic E-state index is 0.00928. The van der Waals surface area contributed by atoms with Crippen LogP contribution in [0.25, 0.3) is 0 Å². The first-order valence-corrected chi connectivity index (χ1v) is 8.35. The molecular weight excluding hydrogens is 314 g/mol. The predicted octanol–water partition coefficient (Wildman–Crippen LogP) is 4.06. The lowest BCUT2D eigenvalue weighted by atomic mass is 10.1. The van der Waals surface area contributed by atoms with Gasteiger partial charge in [0.25, 0.3) is 0 Å². The number of hydrogen-bond donors (Lipinski definition) is 2. The molecule has 1 aromatic carbocycles. The van der Waals surface area contributed by atoms with Crippen LogP contribution in [0, 0.1) is 11.6 Å². The molecule has 2 rings (SSSR count). The van der Waals surface area contributed by atoms with Crippen LogP contribution in [0.5, 0.6) is 0 Å². The van der Waals surface area contributed by atoms with E-state index in [0.29, 0.717) is 6.42 Å². The van der Waals surface area contributed by atoms with Gasteiger partial charge in [-0.25, -0.2) is 13.6 Å². The summed E-state index contributed by atoms with van der Waals surface area (Å²) < 4.78 is 32.9. The summed E-state index contributed by atoms with van der Waals surface area (Å²) in [6, 6.07) is 3.55. The first-order chi connectivity index (χ1) is 11.2. The van der Waals surface area contributed by atoms with Gasteiger partial charge in [-0.3, -0.25) is 0 Å². The summed E-state index contributed by atoms with van der Waals surface area (Å²) in [6.07, 6.45) is 1.92. The van der Waals surface area contributed by atoms with Crippen molar-refractivity contribution in [2.75, 3.05) is 0 Å². The van der Waals surface area contributed by atoms with Crippen molar-refractivity contribution in [3.8, 4) is 0 Å². The van der Waals surface area contributed by atoms with Gasteiger partial charge in [0.05, 0.1) is 0 Å². The van der Waals surface area contributed by atoms with Crippen molar-refractivity contribution < 1.29 is 18.3 Å². The molecule has 0 aromatic heterocycles. The highest BCUT2D eigenvalue weighted by molar-refractivity contribution is 5.68. The second-order valence-corrected chi connectivity index (χ2v) is 7.38. The number of rotatable bonds is 4. The molecule has 0 bridgehead atoms. The molecule has 0 aliphatic heterocycles. The fourth-order valence-electron chi connectivity index (χ4n) is 3.10. The number of nitrogens with one attached hydrogen (secondary N) is 2. The van der Waals surface area contributed by atoms with Crippen molar-refractivity contribution >= 4 is 6.09 Å². The van der Waals surface area contributed by atoms with E-state index >= 15 is 0 Å². The van der Waals surface area contributed by atoms with Crippen molar-refractivity contribution in [2.45, 2.75) is 70.7 Å². The Labute approximate surface area is 142 Å². The van der Waals surface area contributed by atoms with Crippen LogP contribution < -0.4 is 10.6 Å². The maximum absolute atomic E-state index is 13.8. The van der Waals surface area contributed by atoms with E-state index in [-0.39, 0.29) is 17.6 Å². The highest BCUT2D eigenvalue weighted by Gasteiger charge is 2.29. The first kappa shape index (κ1) is 18.6. The third-order valence-corrected chi connectivity index (χ3v) is 4.07. The monoisotopic (exact) mass is 340 g/mol. The van der Waals surface area contributed by atoms with Crippen molar-refractivity contribution in [1.82, 2.24) is 10.6 Å². The molecule has 24 heavy (non-hydrogen) atoms. The highest BCUT2D eigenvalue weighted by Crippen LogP contribution is 2.25. The van der Waals surface area contributed by atoms with E-state index in [1.807, 2.05) is 20.8 Å².